The number of nitrogens with one attached hydrogen (secondary N) is 2. The topological polar surface area (TPSA) is 65.7 Å². The molecule has 0 aromatic heterocycles. The molecule has 210 valence electrons. The Morgan fingerprint density at radius 1 is 1.07 bits per heavy atom. The summed E-state index contributed by atoms with van der Waals surface area (Å²) in [6.07, 6.45) is 4.40. The number of hydrazine groups is 1. The third-order valence-corrected chi connectivity index (χ3v) is 5.79. The molecule has 0 fully saturated rings. The van der Waals surface area contributed by atoms with Crippen LogP contribution in [0.25, 0.3) is 5.57 Å². The molecule has 0 saturated carbocycles. The number of rotatable bonds is 8. The summed E-state index contributed by atoms with van der Waals surface area (Å²) in [5, 5.41) is 7.83. The molecular weight excluding hydrogens is 497 g/mol. The molecule has 2 aromatic rings. The molecule has 1 heterocycles. The van der Waals surface area contributed by atoms with Crippen LogP contribution >= 0.6 is 0 Å². The number of nitrogens with two attached hydrogens (primary N) is 1. The lowest BCUT2D eigenvalue weighted by Gasteiger charge is -2.28. The Labute approximate surface area is 240 Å². The van der Waals surface area contributed by atoms with Crippen molar-refractivity contribution in [2.75, 3.05) is 13.6 Å². The quantitative estimate of drug-likeness (QED) is 0.198. The molecule has 1 aliphatic heterocycles. The average molecular weight is 540 g/mol. The smallest absolute Gasteiger partial charge is 0.156 e. The molecule has 0 bridgehead atoms. The van der Waals surface area contributed by atoms with Crippen LogP contribution in [0.5, 0.6) is 0 Å². The van der Waals surface area contributed by atoms with Crippen molar-refractivity contribution in [2.45, 2.75) is 34.1 Å². The first-order valence-corrected chi connectivity index (χ1v) is 12.8. The lowest BCUT2D eigenvalue weighted by molar-refractivity contribution is 0.444. The van der Waals surface area contributed by atoms with Gasteiger partial charge in [0.25, 0.3) is 0 Å². The number of likely N-dealkylation sites (N-methyl/N-ethyl adjacent to an activating group) is 1. The predicted octanol–water partition coefficient (Wildman–Crippen LogP) is 6.72. The minimum absolute atomic E-state index is 0.124. The van der Waals surface area contributed by atoms with E-state index in [4.69, 9.17) is 5.84 Å². The van der Waals surface area contributed by atoms with Crippen molar-refractivity contribution in [2.24, 2.45) is 10.8 Å². The van der Waals surface area contributed by atoms with Crippen LogP contribution in [0.3, 0.4) is 0 Å². The van der Waals surface area contributed by atoms with Crippen LogP contribution in [-0.4, -0.2) is 24.3 Å². The summed E-state index contributed by atoms with van der Waals surface area (Å²) in [6, 6.07) is 13.5. The molecular formula is C34H42FN5. The minimum atomic E-state index is -0.124. The highest BCUT2D eigenvalue weighted by molar-refractivity contribution is 6.09. The van der Waals surface area contributed by atoms with Crippen LogP contribution in [0.4, 0.5) is 4.39 Å². The molecule has 0 amide bonds. The zero-order valence-corrected chi connectivity index (χ0v) is 24.5. The number of hydrogen-bond acceptors (Lipinski definition) is 5. The van der Waals surface area contributed by atoms with Gasteiger partial charge in [0.1, 0.15) is 5.82 Å². The van der Waals surface area contributed by atoms with E-state index in [1.54, 1.807) is 33.0 Å². The largest absolute Gasteiger partial charge is 0.387 e. The molecule has 0 unspecified atom stereocenters. The van der Waals surface area contributed by atoms with Crippen molar-refractivity contribution in [3.8, 4) is 11.8 Å². The maximum absolute atomic E-state index is 12.5. The third-order valence-electron chi connectivity index (χ3n) is 5.79. The van der Waals surface area contributed by atoms with Crippen LogP contribution in [0, 0.1) is 31.5 Å². The monoisotopic (exact) mass is 539 g/mol. The highest BCUT2D eigenvalue weighted by Crippen LogP contribution is 2.21. The first-order chi connectivity index (χ1) is 19.1. The van der Waals surface area contributed by atoms with E-state index in [0.29, 0.717) is 28.6 Å². The van der Waals surface area contributed by atoms with Crippen LogP contribution in [-0.2, 0) is 6.42 Å². The van der Waals surface area contributed by atoms with Gasteiger partial charge >= 0.3 is 0 Å². The van der Waals surface area contributed by atoms with E-state index in [2.05, 4.69) is 84.6 Å². The van der Waals surface area contributed by atoms with Crippen molar-refractivity contribution in [1.29, 1.82) is 0 Å². The summed E-state index contributed by atoms with van der Waals surface area (Å²) in [5.41, 5.74) is 8.09. The van der Waals surface area contributed by atoms with Gasteiger partial charge in [-0.25, -0.2) is 15.2 Å². The van der Waals surface area contributed by atoms with E-state index < -0.39 is 0 Å². The van der Waals surface area contributed by atoms with Crippen LogP contribution in [0.15, 0.2) is 115 Å². The van der Waals surface area contributed by atoms with Crippen LogP contribution in [0.2, 0.25) is 0 Å². The highest BCUT2D eigenvalue weighted by Gasteiger charge is 2.20. The van der Waals surface area contributed by atoms with E-state index in [-0.39, 0.29) is 5.82 Å². The Morgan fingerprint density at radius 2 is 1.73 bits per heavy atom. The number of aryl methyl sites for hydroxylation is 2. The fourth-order valence-corrected chi connectivity index (χ4v) is 3.48. The molecule has 5 nitrogen and oxygen atoms in total. The van der Waals surface area contributed by atoms with Crippen molar-refractivity contribution >= 4 is 11.3 Å². The zero-order valence-electron chi connectivity index (χ0n) is 24.5. The summed E-state index contributed by atoms with van der Waals surface area (Å²) < 4.78 is 12.5. The molecule has 4 N–H and O–H groups in total. The molecule has 2 aromatic carbocycles. The number of benzene rings is 2. The number of allylic oxidation sites excluding steroid dienone is 3. The normalized spacial score (nSPS) is 12.7. The van der Waals surface area contributed by atoms with Gasteiger partial charge in [-0.1, -0.05) is 73.2 Å². The number of halogens is 1. The molecule has 0 saturated heterocycles. The summed E-state index contributed by atoms with van der Waals surface area (Å²) >= 11 is 0. The van der Waals surface area contributed by atoms with Gasteiger partial charge in [0.15, 0.2) is 5.82 Å². The Hall–Kier alpha value is -4.60. The molecule has 0 atom stereocenters. The second-order valence-electron chi connectivity index (χ2n) is 8.91. The van der Waals surface area contributed by atoms with E-state index in [1.165, 1.54) is 16.6 Å². The summed E-state index contributed by atoms with van der Waals surface area (Å²) in [5.74, 6) is 12.3. The Bertz CT molecular complexity index is 1350. The maximum Gasteiger partial charge on any atom is 0.156 e. The van der Waals surface area contributed by atoms with Crippen molar-refractivity contribution in [3.63, 3.8) is 0 Å². The van der Waals surface area contributed by atoms with E-state index in [9.17, 15) is 4.39 Å². The summed E-state index contributed by atoms with van der Waals surface area (Å²) in [4.78, 5) is 4.58. The fraction of sp³-hybridized carbons (Fsp3) is 0.206. The molecule has 40 heavy (non-hydrogen) atoms. The molecule has 0 aliphatic carbocycles. The molecule has 0 spiro atoms. The first-order valence-electron chi connectivity index (χ1n) is 12.8. The second-order valence-corrected chi connectivity index (χ2v) is 8.91. The Kier molecular flexibility index (Phi) is 14.3. The summed E-state index contributed by atoms with van der Waals surface area (Å²) in [7, 11) is 1.80. The molecule has 3 rings (SSSR count). The number of hydrogen-bond donors (Lipinski definition) is 3. The zero-order chi connectivity index (χ0) is 30.2. The van der Waals surface area contributed by atoms with Gasteiger partial charge in [-0.15, -0.1) is 19.1 Å². The minimum Gasteiger partial charge on any atom is -0.387 e. The first kappa shape index (κ1) is 33.4. The van der Waals surface area contributed by atoms with Gasteiger partial charge in [-0.2, -0.15) is 0 Å². The summed E-state index contributed by atoms with van der Waals surface area (Å²) in [6.45, 7) is 26.3. The molecule has 1 aliphatic rings. The number of aliphatic imine (C=N–C) groups is 1. The van der Waals surface area contributed by atoms with Gasteiger partial charge in [-0.3, -0.25) is 5.01 Å². The van der Waals surface area contributed by atoms with Crippen LogP contribution < -0.4 is 16.5 Å². The van der Waals surface area contributed by atoms with Gasteiger partial charge in [0, 0.05) is 19.7 Å². The Balaban J connectivity index is 0.000000609. The number of nitrogens with zero attached hydrogens (tertiary/aromatic N) is 2. The fourth-order valence-electron chi connectivity index (χ4n) is 3.48. The van der Waals surface area contributed by atoms with E-state index in [0.717, 1.165) is 35.2 Å². The van der Waals surface area contributed by atoms with E-state index in [1.807, 2.05) is 26.0 Å². The van der Waals surface area contributed by atoms with Crippen molar-refractivity contribution < 1.29 is 4.39 Å². The van der Waals surface area contributed by atoms with Crippen molar-refractivity contribution in [3.05, 3.63) is 138 Å². The Morgan fingerprint density at radius 3 is 2.25 bits per heavy atom. The lowest BCUT2D eigenvalue weighted by Crippen LogP contribution is -2.36. The van der Waals surface area contributed by atoms with E-state index >= 15 is 0 Å². The van der Waals surface area contributed by atoms with Gasteiger partial charge in [0.2, 0.25) is 0 Å². The predicted molar refractivity (Wildman–Crippen MR) is 170 cm³/mol. The van der Waals surface area contributed by atoms with Gasteiger partial charge in [-0.05, 0) is 62.9 Å². The van der Waals surface area contributed by atoms with Crippen molar-refractivity contribution in [1.82, 2.24) is 15.6 Å². The van der Waals surface area contributed by atoms with Gasteiger partial charge < -0.3 is 10.6 Å². The lowest BCUT2D eigenvalue weighted by atomic mass is 10.1. The third kappa shape index (κ3) is 10.3. The van der Waals surface area contributed by atoms with Crippen LogP contribution in [0.1, 0.15) is 36.1 Å². The SMILES string of the molecule is C=C.C=C(NC)C1=CC(C(=C)NCCc2ccc(C(=C)C)cc2)=N/C(=C/C#CC)N1N.Cc1ccc(F)c(C)c1. The van der Waals surface area contributed by atoms with Gasteiger partial charge in [0.05, 0.1) is 22.8 Å². The molecule has 0 radical (unpaired) electrons. The highest BCUT2D eigenvalue weighted by atomic mass is 19.1. The maximum atomic E-state index is 12.5. The molecule has 6 heteroatoms. The standard InChI is InChI=1S/C24H29N5.C8H9F.C2H4/c1-7-8-9-24-28-22(16-23(29(24)25)19(5)26-6)18(4)27-15-14-20-10-12-21(13-11-20)17(2)3;1-6-3-4-8(9)7(2)5-6;1-2/h9-13,16,26-27H,2,4-5,14-15,25H2,1,3,6H3;3-5H,1-2H3;1-2H2/b24-9-;;. The second kappa shape index (κ2) is 17.1. The average Bonchev–Trinajstić information content (AvgIpc) is 2.95.